The molecule has 1 heterocycles. The Morgan fingerprint density at radius 3 is 2.74 bits per heavy atom. The topological polar surface area (TPSA) is 44.4 Å². The number of hydrogen-bond donors (Lipinski definition) is 2. The fourth-order valence-corrected chi connectivity index (χ4v) is 3.73. The van der Waals surface area contributed by atoms with Crippen LogP contribution < -0.4 is 10.6 Å². The first-order valence-electron chi connectivity index (χ1n) is 9.15. The monoisotopic (exact) mass is 315 g/mol. The molecule has 0 saturated heterocycles. The van der Waals surface area contributed by atoms with Crippen LogP contribution in [0.4, 0.5) is 4.79 Å². The number of urea groups is 1. The molecule has 0 bridgehead atoms. The SMILES string of the molecule is O=C(NCCCN1CCc2ccccc2C1)NC1CCCCC1. The van der Waals surface area contributed by atoms with Gasteiger partial charge in [0.2, 0.25) is 0 Å². The van der Waals surface area contributed by atoms with Crippen molar-refractivity contribution in [2.75, 3.05) is 19.6 Å². The van der Waals surface area contributed by atoms with E-state index >= 15 is 0 Å². The summed E-state index contributed by atoms with van der Waals surface area (Å²) in [6, 6.07) is 9.13. The second-order valence-electron chi connectivity index (χ2n) is 6.88. The van der Waals surface area contributed by atoms with E-state index in [1.807, 2.05) is 0 Å². The second kappa shape index (κ2) is 8.34. The Bertz CT molecular complexity index is 511. The van der Waals surface area contributed by atoms with E-state index in [-0.39, 0.29) is 6.03 Å². The lowest BCUT2D eigenvalue weighted by atomic mass is 9.96. The molecule has 4 nitrogen and oxygen atoms in total. The number of amides is 2. The molecule has 126 valence electrons. The van der Waals surface area contributed by atoms with Crippen LogP contribution in [0.1, 0.15) is 49.7 Å². The molecule has 0 radical (unpaired) electrons. The average Bonchev–Trinajstić information content (AvgIpc) is 2.59. The standard InChI is InChI=1S/C19H29N3O/c23-19(21-18-9-2-1-3-10-18)20-12-6-13-22-14-11-16-7-4-5-8-17(16)15-22/h4-5,7-8,18H,1-3,6,9-15H2,(H2,20,21,23). The molecule has 23 heavy (non-hydrogen) atoms. The molecular weight excluding hydrogens is 286 g/mol. The van der Waals surface area contributed by atoms with Crippen LogP contribution in [-0.4, -0.2) is 36.6 Å². The Kier molecular flexibility index (Phi) is 5.92. The summed E-state index contributed by atoms with van der Waals surface area (Å²) in [7, 11) is 0. The third-order valence-electron chi connectivity index (χ3n) is 5.09. The van der Waals surface area contributed by atoms with Gasteiger partial charge in [-0.2, -0.15) is 0 Å². The molecule has 0 unspecified atom stereocenters. The van der Waals surface area contributed by atoms with Crippen molar-refractivity contribution in [3.8, 4) is 0 Å². The molecule has 2 N–H and O–H groups in total. The number of benzene rings is 1. The van der Waals surface area contributed by atoms with E-state index in [0.29, 0.717) is 6.04 Å². The average molecular weight is 315 g/mol. The molecule has 3 rings (SSSR count). The summed E-state index contributed by atoms with van der Waals surface area (Å²) in [5, 5.41) is 6.12. The van der Waals surface area contributed by atoms with E-state index in [9.17, 15) is 4.79 Å². The van der Waals surface area contributed by atoms with Gasteiger partial charge in [0.1, 0.15) is 0 Å². The molecule has 1 saturated carbocycles. The van der Waals surface area contributed by atoms with Gasteiger partial charge in [0, 0.05) is 32.2 Å². The van der Waals surface area contributed by atoms with Gasteiger partial charge in [-0.15, -0.1) is 0 Å². The number of fused-ring (bicyclic) bond motifs is 1. The highest BCUT2D eigenvalue weighted by atomic mass is 16.2. The highest BCUT2D eigenvalue weighted by Crippen LogP contribution is 2.18. The van der Waals surface area contributed by atoms with Crippen molar-refractivity contribution in [2.45, 2.75) is 57.5 Å². The second-order valence-corrected chi connectivity index (χ2v) is 6.88. The third kappa shape index (κ3) is 4.96. The minimum atomic E-state index is 0.0147. The van der Waals surface area contributed by atoms with Crippen LogP contribution in [0.15, 0.2) is 24.3 Å². The van der Waals surface area contributed by atoms with Gasteiger partial charge in [-0.1, -0.05) is 43.5 Å². The first kappa shape index (κ1) is 16.3. The fraction of sp³-hybridized carbons (Fsp3) is 0.632. The van der Waals surface area contributed by atoms with Crippen LogP contribution in [0.3, 0.4) is 0 Å². The van der Waals surface area contributed by atoms with E-state index in [2.05, 4.69) is 39.8 Å². The first-order chi connectivity index (χ1) is 11.3. The first-order valence-corrected chi connectivity index (χ1v) is 9.15. The number of nitrogens with one attached hydrogen (secondary N) is 2. The largest absolute Gasteiger partial charge is 0.338 e. The molecule has 1 aliphatic heterocycles. The Labute approximate surface area is 139 Å². The predicted octanol–water partition coefficient (Wildman–Crippen LogP) is 3.07. The minimum Gasteiger partial charge on any atom is -0.338 e. The molecule has 1 aromatic carbocycles. The van der Waals surface area contributed by atoms with E-state index in [1.54, 1.807) is 0 Å². The van der Waals surface area contributed by atoms with Gasteiger partial charge >= 0.3 is 6.03 Å². The van der Waals surface area contributed by atoms with Crippen molar-refractivity contribution in [3.05, 3.63) is 35.4 Å². The lowest BCUT2D eigenvalue weighted by Gasteiger charge is -2.28. The smallest absolute Gasteiger partial charge is 0.315 e. The van der Waals surface area contributed by atoms with Crippen molar-refractivity contribution in [3.63, 3.8) is 0 Å². The molecule has 4 heteroatoms. The Balaban J connectivity index is 1.30. The van der Waals surface area contributed by atoms with Crippen molar-refractivity contribution in [2.24, 2.45) is 0 Å². The van der Waals surface area contributed by atoms with E-state index in [1.165, 1.54) is 30.4 Å². The molecule has 2 amide bonds. The molecule has 1 aliphatic carbocycles. The summed E-state index contributed by atoms with van der Waals surface area (Å²) in [6.07, 6.45) is 8.26. The summed E-state index contributed by atoms with van der Waals surface area (Å²) in [5.41, 5.74) is 2.95. The zero-order valence-electron chi connectivity index (χ0n) is 14.0. The zero-order chi connectivity index (χ0) is 15.9. The number of carbonyl (C=O) groups is 1. The predicted molar refractivity (Wildman–Crippen MR) is 93.4 cm³/mol. The Hall–Kier alpha value is -1.55. The molecule has 1 aromatic rings. The fourth-order valence-electron chi connectivity index (χ4n) is 3.73. The third-order valence-corrected chi connectivity index (χ3v) is 5.09. The van der Waals surface area contributed by atoms with Crippen molar-refractivity contribution < 1.29 is 4.79 Å². The molecule has 2 aliphatic rings. The number of rotatable bonds is 5. The normalized spacial score (nSPS) is 19.1. The zero-order valence-corrected chi connectivity index (χ0v) is 14.0. The Morgan fingerprint density at radius 1 is 1.13 bits per heavy atom. The quantitative estimate of drug-likeness (QED) is 0.820. The maximum absolute atomic E-state index is 11.9. The van der Waals surface area contributed by atoms with Crippen LogP contribution in [0, 0.1) is 0 Å². The van der Waals surface area contributed by atoms with Crippen LogP contribution in [0.2, 0.25) is 0 Å². The van der Waals surface area contributed by atoms with Crippen LogP contribution in [0.25, 0.3) is 0 Å². The van der Waals surface area contributed by atoms with Gasteiger partial charge in [0.05, 0.1) is 0 Å². The Morgan fingerprint density at radius 2 is 1.91 bits per heavy atom. The van der Waals surface area contributed by atoms with Gasteiger partial charge in [-0.25, -0.2) is 4.79 Å². The number of hydrogen-bond acceptors (Lipinski definition) is 2. The molecule has 0 spiro atoms. The van der Waals surface area contributed by atoms with Gasteiger partial charge in [-0.05, 0) is 36.8 Å². The van der Waals surface area contributed by atoms with Gasteiger partial charge in [0.15, 0.2) is 0 Å². The molecule has 0 aromatic heterocycles. The molecule has 0 atom stereocenters. The van der Waals surface area contributed by atoms with E-state index in [4.69, 9.17) is 0 Å². The van der Waals surface area contributed by atoms with E-state index < -0.39 is 0 Å². The number of nitrogens with zero attached hydrogens (tertiary/aromatic N) is 1. The summed E-state index contributed by atoms with van der Waals surface area (Å²) < 4.78 is 0. The lowest BCUT2D eigenvalue weighted by molar-refractivity contribution is 0.228. The highest BCUT2D eigenvalue weighted by molar-refractivity contribution is 5.74. The summed E-state index contributed by atoms with van der Waals surface area (Å²) >= 11 is 0. The van der Waals surface area contributed by atoms with Crippen molar-refractivity contribution in [1.82, 2.24) is 15.5 Å². The minimum absolute atomic E-state index is 0.0147. The maximum Gasteiger partial charge on any atom is 0.315 e. The summed E-state index contributed by atoms with van der Waals surface area (Å²) in [4.78, 5) is 14.4. The van der Waals surface area contributed by atoms with Gasteiger partial charge in [-0.3, -0.25) is 4.90 Å². The maximum atomic E-state index is 11.9. The van der Waals surface area contributed by atoms with Gasteiger partial charge < -0.3 is 10.6 Å². The van der Waals surface area contributed by atoms with E-state index in [0.717, 1.165) is 51.9 Å². The summed E-state index contributed by atoms with van der Waals surface area (Å²) in [6.45, 7) is 3.99. The van der Waals surface area contributed by atoms with Crippen molar-refractivity contribution >= 4 is 6.03 Å². The van der Waals surface area contributed by atoms with Crippen molar-refractivity contribution in [1.29, 1.82) is 0 Å². The lowest BCUT2D eigenvalue weighted by Crippen LogP contribution is -2.43. The molecule has 1 fully saturated rings. The van der Waals surface area contributed by atoms with Crippen LogP contribution >= 0.6 is 0 Å². The summed E-state index contributed by atoms with van der Waals surface area (Å²) in [5.74, 6) is 0. The number of carbonyl (C=O) groups excluding carboxylic acids is 1. The van der Waals surface area contributed by atoms with Crippen LogP contribution in [0.5, 0.6) is 0 Å². The highest BCUT2D eigenvalue weighted by Gasteiger charge is 2.16. The van der Waals surface area contributed by atoms with Gasteiger partial charge in [0.25, 0.3) is 0 Å². The van der Waals surface area contributed by atoms with Crippen LogP contribution in [-0.2, 0) is 13.0 Å². The molecular formula is C19H29N3O.